The molecule has 2 aliphatic rings. The minimum absolute atomic E-state index is 0.0505. The molecule has 1 unspecified atom stereocenters. The summed E-state index contributed by atoms with van der Waals surface area (Å²) in [7, 11) is 0. The molecule has 2 aliphatic heterocycles. The Kier molecular flexibility index (Phi) is 6.07. The van der Waals surface area contributed by atoms with E-state index in [1.165, 1.54) is 24.1 Å². The predicted octanol–water partition coefficient (Wildman–Crippen LogP) is 2.75. The van der Waals surface area contributed by atoms with Gasteiger partial charge in [-0.25, -0.2) is 4.79 Å². The minimum Gasteiger partial charge on any atom is -0.368 e. The van der Waals surface area contributed by atoms with Gasteiger partial charge < -0.3 is 15.1 Å². The van der Waals surface area contributed by atoms with Gasteiger partial charge in [0.15, 0.2) is 0 Å². The van der Waals surface area contributed by atoms with Crippen LogP contribution >= 0.6 is 0 Å². The zero-order chi connectivity index (χ0) is 19.2. The lowest BCUT2D eigenvalue weighted by Gasteiger charge is -2.36. The van der Waals surface area contributed by atoms with Crippen LogP contribution in [0.4, 0.5) is 10.5 Å². The molecule has 1 atom stereocenters. The summed E-state index contributed by atoms with van der Waals surface area (Å²) in [5.41, 5.74) is 2.46. The highest BCUT2D eigenvalue weighted by Gasteiger charge is 2.26. The number of pyridine rings is 1. The van der Waals surface area contributed by atoms with Crippen LogP contribution in [0, 0.1) is 0 Å². The van der Waals surface area contributed by atoms with Crippen molar-refractivity contribution in [3.05, 3.63) is 60.4 Å². The van der Waals surface area contributed by atoms with E-state index < -0.39 is 0 Å². The highest BCUT2D eigenvalue weighted by molar-refractivity contribution is 5.74. The Bertz CT molecular complexity index is 740. The van der Waals surface area contributed by atoms with Crippen molar-refractivity contribution in [2.45, 2.75) is 18.9 Å². The fourth-order valence-electron chi connectivity index (χ4n) is 4.20. The molecule has 1 N–H and O–H groups in total. The number of anilines is 1. The number of aromatic nitrogens is 1. The maximum Gasteiger partial charge on any atom is 0.317 e. The van der Waals surface area contributed by atoms with Gasteiger partial charge in [-0.05, 0) is 43.6 Å². The Morgan fingerprint density at radius 2 is 1.61 bits per heavy atom. The molecule has 3 heterocycles. The average Bonchev–Trinajstić information content (AvgIpc) is 3.30. The lowest BCUT2D eigenvalue weighted by molar-refractivity contribution is 0.185. The van der Waals surface area contributed by atoms with Gasteiger partial charge in [-0.3, -0.25) is 9.88 Å². The molecule has 2 saturated heterocycles. The lowest BCUT2D eigenvalue weighted by Crippen LogP contribution is -2.52. The molecule has 0 spiro atoms. The third-order valence-electron chi connectivity index (χ3n) is 5.81. The van der Waals surface area contributed by atoms with E-state index >= 15 is 0 Å². The van der Waals surface area contributed by atoms with Gasteiger partial charge >= 0.3 is 6.03 Å². The van der Waals surface area contributed by atoms with Gasteiger partial charge in [-0.15, -0.1) is 0 Å². The van der Waals surface area contributed by atoms with Crippen molar-refractivity contribution in [1.29, 1.82) is 0 Å². The monoisotopic (exact) mass is 379 g/mol. The quantitative estimate of drug-likeness (QED) is 0.868. The number of nitrogens with one attached hydrogen (secondary N) is 1. The van der Waals surface area contributed by atoms with Crippen molar-refractivity contribution < 1.29 is 4.79 Å². The fraction of sp³-hybridized carbons (Fsp3) is 0.455. The lowest BCUT2D eigenvalue weighted by atomic mass is 10.1. The Labute approximate surface area is 167 Å². The van der Waals surface area contributed by atoms with Crippen LogP contribution in [0.5, 0.6) is 0 Å². The van der Waals surface area contributed by atoms with E-state index in [2.05, 4.69) is 44.4 Å². The molecular weight excluding hydrogens is 350 g/mol. The van der Waals surface area contributed by atoms with Crippen molar-refractivity contribution in [2.75, 3.05) is 50.7 Å². The number of amides is 2. The second kappa shape index (κ2) is 9.06. The topological polar surface area (TPSA) is 51.7 Å². The third kappa shape index (κ3) is 4.44. The Morgan fingerprint density at radius 3 is 2.29 bits per heavy atom. The van der Waals surface area contributed by atoms with Gasteiger partial charge in [0, 0.05) is 50.8 Å². The maximum atomic E-state index is 12.8. The van der Waals surface area contributed by atoms with Gasteiger partial charge in [0.25, 0.3) is 0 Å². The fourth-order valence-corrected chi connectivity index (χ4v) is 4.20. The number of nitrogens with zero attached hydrogens (tertiary/aromatic N) is 4. The molecule has 2 fully saturated rings. The largest absolute Gasteiger partial charge is 0.368 e. The van der Waals surface area contributed by atoms with E-state index in [1.54, 1.807) is 0 Å². The van der Waals surface area contributed by atoms with Crippen LogP contribution in [-0.4, -0.2) is 66.6 Å². The number of rotatable bonds is 5. The second-order valence-electron chi connectivity index (χ2n) is 7.54. The molecule has 0 saturated carbocycles. The molecule has 6 heteroatoms. The van der Waals surface area contributed by atoms with E-state index in [9.17, 15) is 4.79 Å². The van der Waals surface area contributed by atoms with Crippen LogP contribution in [0.1, 0.15) is 24.4 Å². The summed E-state index contributed by atoms with van der Waals surface area (Å²) in [4.78, 5) is 23.6. The number of urea groups is 1. The van der Waals surface area contributed by atoms with Gasteiger partial charge in [-0.1, -0.05) is 30.3 Å². The van der Waals surface area contributed by atoms with Crippen molar-refractivity contribution >= 4 is 11.7 Å². The molecule has 0 radical (unpaired) electrons. The number of carbonyl (C=O) groups excluding carboxylic acids is 1. The molecule has 1 aromatic carbocycles. The first-order valence-corrected chi connectivity index (χ1v) is 10.3. The van der Waals surface area contributed by atoms with E-state index in [-0.39, 0.29) is 12.1 Å². The van der Waals surface area contributed by atoms with Gasteiger partial charge in [0.05, 0.1) is 6.04 Å². The summed E-state index contributed by atoms with van der Waals surface area (Å²) >= 11 is 0. The summed E-state index contributed by atoms with van der Waals surface area (Å²) in [6.45, 7) is 6.08. The zero-order valence-electron chi connectivity index (χ0n) is 16.3. The first-order chi connectivity index (χ1) is 13.8. The standard InChI is InChI=1S/C22H29N5O/c28-22(27-16-14-25(15-17-27)20-8-10-23-11-9-20)24-18-21(26-12-4-5-13-26)19-6-2-1-3-7-19/h1-3,6-11,21H,4-5,12-18H2,(H,24,28). The molecule has 1 aromatic heterocycles. The SMILES string of the molecule is O=C(NCC(c1ccccc1)N1CCCC1)N1CCN(c2ccncc2)CC1. The number of hydrogen-bond donors (Lipinski definition) is 1. The van der Waals surface area contributed by atoms with Crippen molar-refractivity contribution in [1.82, 2.24) is 20.1 Å². The smallest absolute Gasteiger partial charge is 0.317 e. The summed E-state index contributed by atoms with van der Waals surface area (Å²) in [6.07, 6.45) is 6.12. The maximum absolute atomic E-state index is 12.8. The molecule has 148 valence electrons. The Morgan fingerprint density at radius 1 is 0.929 bits per heavy atom. The molecular formula is C22H29N5O. The number of likely N-dealkylation sites (tertiary alicyclic amines) is 1. The average molecular weight is 380 g/mol. The number of hydrogen-bond acceptors (Lipinski definition) is 4. The number of piperazine rings is 1. The third-order valence-corrected chi connectivity index (χ3v) is 5.81. The molecule has 0 bridgehead atoms. The Hall–Kier alpha value is -2.60. The number of carbonyl (C=O) groups is 1. The van der Waals surface area contributed by atoms with Crippen LogP contribution in [0.25, 0.3) is 0 Å². The summed E-state index contributed by atoms with van der Waals surface area (Å²) < 4.78 is 0. The molecule has 4 rings (SSSR count). The van der Waals surface area contributed by atoms with Gasteiger partial charge in [0.2, 0.25) is 0 Å². The predicted molar refractivity (Wildman–Crippen MR) is 111 cm³/mol. The van der Waals surface area contributed by atoms with E-state index in [0.717, 1.165) is 39.3 Å². The highest BCUT2D eigenvalue weighted by Crippen LogP contribution is 2.24. The zero-order valence-corrected chi connectivity index (χ0v) is 16.3. The van der Waals surface area contributed by atoms with Crippen molar-refractivity contribution in [2.24, 2.45) is 0 Å². The van der Waals surface area contributed by atoms with Crippen molar-refractivity contribution in [3.63, 3.8) is 0 Å². The second-order valence-corrected chi connectivity index (χ2v) is 7.54. The van der Waals surface area contributed by atoms with E-state index in [0.29, 0.717) is 6.54 Å². The van der Waals surface area contributed by atoms with E-state index in [4.69, 9.17) is 0 Å². The van der Waals surface area contributed by atoms with Crippen LogP contribution in [0.15, 0.2) is 54.9 Å². The van der Waals surface area contributed by atoms with E-state index in [1.807, 2.05) is 35.5 Å². The number of benzene rings is 1. The highest BCUT2D eigenvalue weighted by atomic mass is 16.2. The van der Waals surface area contributed by atoms with Crippen LogP contribution in [0.2, 0.25) is 0 Å². The molecule has 2 aromatic rings. The first kappa shape index (κ1) is 18.7. The van der Waals surface area contributed by atoms with Crippen LogP contribution in [-0.2, 0) is 0 Å². The Balaban J connectivity index is 1.31. The van der Waals surface area contributed by atoms with Crippen LogP contribution < -0.4 is 10.2 Å². The summed E-state index contributed by atoms with van der Waals surface area (Å²) in [6, 6.07) is 14.9. The molecule has 2 amide bonds. The van der Waals surface area contributed by atoms with Crippen molar-refractivity contribution in [3.8, 4) is 0 Å². The molecule has 28 heavy (non-hydrogen) atoms. The normalized spacial score (nSPS) is 18.9. The first-order valence-electron chi connectivity index (χ1n) is 10.3. The van der Waals surface area contributed by atoms with Gasteiger partial charge in [0.1, 0.15) is 0 Å². The van der Waals surface area contributed by atoms with Crippen LogP contribution in [0.3, 0.4) is 0 Å². The summed E-state index contributed by atoms with van der Waals surface area (Å²) in [5, 5.41) is 3.20. The molecule has 0 aliphatic carbocycles. The van der Waals surface area contributed by atoms with Gasteiger partial charge in [-0.2, -0.15) is 0 Å². The molecule has 6 nitrogen and oxygen atoms in total. The minimum atomic E-state index is 0.0505. The summed E-state index contributed by atoms with van der Waals surface area (Å²) in [5.74, 6) is 0.